The van der Waals surface area contributed by atoms with Crippen LogP contribution in [0.25, 0.3) is 0 Å². The average Bonchev–Trinajstić information content (AvgIpc) is 3.06. The number of anilines is 2. The van der Waals surface area contributed by atoms with Gasteiger partial charge in [0.05, 0.1) is 10.0 Å². The van der Waals surface area contributed by atoms with Crippen LogP contribution in [0.5, 0.6) is 0 Å². The van der Waals surface area contributed by atoms with Gasteiger partial charge in [0, 0.05) is 19.6 Å². The van der Waals surface area contributed by atoms with Gasteiger partial charge in [0.2, 0.25) is 0 Å². The maximum absolute atomic E-state index is 6.19. The van der Waals surface area contributed by atoms with Crippen molar-refractivity contribution in [1.82, 2.24) is 4.98 Å². The Kier molecular flexibility index (Phi) is 3.45. The van der Waals surface area contributed by atoms with Crippen LogP contribution < -0.4 is 10.2 Å². The van der Waals surface area contributed by atoms with Gasteiger partial charge in [0.1, 0.15) is 11.6 Å². The molecule has 1 aliphatic rings. The quantitative estimate of drug-likeness (QED) is 0.899. The van der Waals surface area contributed by atoms with Crippen LogP contribution >= 0.6 is 23.2 Å². The fourth-order valence-electron chi connectivity index (χ4n) is 1.80. The summed E-state index contributed by atoms with van der Waals surface area (Å²) in [6, 6.07) is 2.35. The standard InChI is InChI=1S/C11H15Cl2N3/c1-3-16(7-4-5-7)11-9(13)6-8(12)10(14-2)15-11/h6-7H,3-5H2,1-2H3,(H,14,15). The van der Waals surface area contributed by atoms with E-state index in [2.05, 4.69) is 22.1 Å². The second kappa shape index (κ2) is 4.68. The predicted octanol–water partition coefficient (Wildman–Crippen LogP) is 3.42. The minimum absolute atomic E-state index is 0.558. The summed E-state index contributed by atoms with van der Waals surface area (Å²) in [5.74, 6) is 1.51. The summed E-state index contributed by atoms with van der Waals surface area (Å²) < 4.78 is 0. The first-order valence-electron chi connectivity index (χ1n) is 5.47. The van der Waals surface area contributed by atoms with E-state index in [-0.39, 0.29) is 0 Å². The number of halogens is 2. The van der Waals surface area contributed by atoms with Crippen LogP contribution in [-0.2, 0) is 0 Å². The van der Waals surface area contributed by atoms with Gasteiger partial charge in [-0.1, -0.05) is 23.2 Å². The Morgan fingerprint density at radius 3 is 2.62 bits per heavy atom. The number of hydrogen-bond acceptors (Lipinski definition) is 3. The SMILES string of the molecule is CCN(c1nc(NC)c(Cl)cc1Cl)C1CC1. The summed E-state index contributed by atoms with van der Waals surface area (Å²) in [5, 5.41) is 4.15. The van der Waals surface area contributed by atoms with Crippen LogP contribution in [0.1, 0.15) is 19.8 Å². The molecule has 0 radical (unpaired) electrons. The van der Waals surface area contributed by atoms with Crippen LogP contribution in [0, 0.1) is 0 Å². The normalized spacial score (nSPS) is 15.0. The van der Waals surface area contributed by atoms with Crippen molar-refractivity contribution >= 4 is 34.8 Å². The van der Waals surface area contributed by atoms with E-state index in [0.29, 0.717) is 21.9 Å². The molecule has 0 spiro atoms. The molecule has 1 fully saturated rings. The minimum atomic E-state index is 0.558. The van der Waals surface area contributed by atoms with Gasteiger partial charge in [-0.05, 0) is 25.8 Å². The first-order valence-corrected chi connectivity index (χ1v) is 6.23. The topological polar surface area (TPSA) is 28.2 Å². The highest BCUT2D eigenvalue weighted by molar-refractivity contribution is 6.37. The fraction of sp³-hybridized carbons (Fsp3) is 0.545. The second-order valence-electron chi connectivity index (χ2n) is 3.89. The molecule has 88 valence electrons. The minimum Gasteiger partial charge on any atom is -0.372 e. The summed E-state index contributed by atoms with van der Waals surface area (Å²) in [5.41, 5.74) is 0. The van der Waals surface area contributed by atoms with Gasteiger partial charge in [-0.25, -0.2) is 4.98 Å². The van der Waals surface area contributed by atoms with Gasteiger partial charge in [0.15, 0.2) is 0 Å². The molecule has 1 aromatic heterocycles. The van der Waals surface area contributed by atoms with Gasteiger partial charge < -0.3 is 10.2 Å². The molecule has 0 amide bonds. The molecule has 0 aliphatic heterocycles. The van der Waals surface area contributed by atoms with Gasteiger partial charge in [-0.2, -0.15) is 0 Å². The zero-order valence-corrected chi connectivity index (χ0v) is 10.9. The maximum atomic E-state index is 6.19. The first kappa shape index (κ1) is 11.8. The van der Waals surface area contributed by atoms with Crippen LogP contribution in [-0.4, -0.2) is 24.6 Å². The molecular weight excluding hydrogens is 245 g/mol. The largest absolute Gasteiger partial charge is 0.372 e. The van der Waals surface area contributed by atoms with Crippen LogP contribution in [0.2, 0.25) is 10.0 Å². The Hall–Kier alpha value is -0.670. The smallest absolute Gasteiger partial charge is 0.150 e. The van der Waals surface area contributed by atoms with Crippen molar-refractivity contribution in [3.05, 3.63) is 16.1 Å². The van der Waals surface area contributed by atoms with E-state index in [4.69, 9.17) is 23.2 Å². The van der Waals surface area contributed by atoms with Gasteiger partial charge >= 0.3 is 0 Å². The lowest BCUT2D eigenvalue weighted by molar-refractivity contribution is 0.809. The number of nitrogens with zero attached hydrogens (tertiary/aromatic N) is 2. The van der Waals surface area contributed by atoms with Crippen molar-refractivity contribution < 1.29 is 0 Å². The Bertz CT molecular complexity index is 391. The molecule has 1 aromatic rings. The number of nitrogens with one attached hydrogen (secondary N) is 1. The van der Waals surface area contributed by atoms with E-state index in [1.807, 2.05) is 0 Å². The van der Waals surface area contributed by atoms with Crippen molar-refractivity contribution in [2.24, 2.45) is 0 Å². The highest BCUT2D eigenvalue weighted by atomic mass is 35.5. The number of hydrogen-bond donors (Lipinski definition) is 1. The van der Waals surface area contributed by atoms with Crippen LogP contribution in [0.3, 0.4) is 0 Å². The second-order valence-corrected chi connectivity index (χ2v) is 4.71. The third-order valence-electron chi connectivity index (χ3n) is 2.75. The number of rotatable bonds is 4. The summed E-state index contributed by atoms with van der Waals surface area (Å²) in [6.45, 7) is 3.03. The molecule has 1 saturated carbocycles. The average molecular weight is 260 g/mol. The van der Waals surface area contributed by atoms with Crippen LogP contribution in [0.4, 0.5) is 11.6 Å². The predicted molar refractivity (Wildman–Crippen MR) is 69.8 cm³/mol. The molecule has 1 aliphatic carbocycles. The molecule has 0 atom stereocenters. The monoisotopic (exact) mass is 259 g/mol. The van der Waals surface area contributed by atoms with Crippen LogP contribution in [0.15, 0.2) is 6.07 Å². The Labute approximate surface area is 106 Å². The van der Waals surface area contributed by atoms with E-state index in [0.717, 1.165) is 12.4 Å². The molecule has 0 unspecified atom stereocenters. The number of aromatic nitrogens is 1. The molecule has 0 bridgehead atoms. The zero-order chi connectivity index (χ0) is 11.7. The van der Waals surface area contributed by atoms with E-state index in [9.17, 15) is 0 Å². The Morgan fingerprint density at radius 1 is 1.44 bits per heavy atom. The Balaban J connectivity index is 2.38. The molecular formula is C11H15Cl2N3. The lowest BCUT2D eigenvalue weighted by Gasteiger charge is -2.23. The molecule has 1 N–H and O–H groups in total. The molecule has 2 rings (SSSR count). The lowest BCUT2D eigenvalue weighted by Crippen LogP contribution is -2.26. The summed E-state index contributed by atoms with van der Waals surface area (Å²) in [6.07, 6.45) is 2.45. The lowest BCUT2D eigenvalue weighted by atomic mass is 10.3. The first-order chi connectivity index (χ1) is 7.67. The molecule has 5 heteroatoms. The Morgan fingerprint density at radius 2 is 2.12 bits per heavy atom. The van der Waals surface area contributed by atoms with Crippen molar-refractivity contribution in [2.75, 3.05) is 23.8 Å². The van der Waals surface area contributed by atoms with Gasteiger partial charge in [0.25, 0.3) is 0 Å². The zero-order valence-electron chi connectivity index (χ0n) is 9.43. The van der Waals surface area contributed by atoms with E-state index in [1.165, 1.54) is 12.8 Å². The third-order valence-corrected chi connectivity index (χ3v) is 3.31. The van der Waals surface area contributed by atoms with E-state index >= 15 is 0 Å². The summed E-state index contributed by atoms with van der Waals surface area (Å²) in [7, 11) is 1.80. The van der Waals surface area contributed by atoms with Crippen molar-refractivity contribution in [2.45, 2.75) is 25.8 Å². The van der Waals surface area contributed by atoms with Crippen molar-refractivity contribution in [3.8, 4) is 0 Å². The molecule has 3 nitrogen and oxygen atoms in total. The van der Waals surface area contributed by atoms with Gasteiger partial charge in [-0.3, -0.25) is 0 Å². The van der Waals surface area contributed by atoms with Gasteiger partial charge in [-0.15, -0.1) is 0 Å². The van der Waals surface area contributed by atoms with E-state index < -0.39 is 0 Å². The summed E-state index contributed by atoms with van der Waals surface area (Å²) >= 11 is 12.2. The van der Waals surface area contributed by atoms with E-state index in [1.54, 1.807) is 13.1 Å². The highest BCUT2D eigenvalue weighted by Crippen LogP contribution is 2.37. The highest BCUT2D eigenvalue weighted by Gasteiger charge is 2.30. The summed E-state index contributed by atoms with van der Waals surface area (Å²) in [4.78, 5) is 6.71. The molecule has 0 saturated heterocycles. The van der Waals surface area contributed by atoms with Crippen molar-refractivity contribution in [1.29, 1.82) is 0 Å². The third kappa shape index (κ3) is 2.20. The fourth-order valence-corrected chi connectivity index (χ4v) is 2.36. The molecule has 0 aromatic carbocycles. The number of pyridine rings is 1. The van der Waals surface area contributed by atoms with Crippen molar-refractivity contribution in [3.63, 3.8) is 0 Å². The molecule has 16 heavy (non-hydrogen) atoms. The molecule has 1 heterocycles. The maximum Gasteiger partial charge on any atom is 0.150 e.